The second-order valence-corrected chi connectivity index (χ2v) is 3.53. The Morgan fingerprint density at radius 3 is 2.94 bits per heavy atom. The Balaban J connectivity index is 2.30. The van der Waals surface area contributed by atoms with Crippen LogP contribution in [-0.4, -0.2) is 37.5 Å². The average molecular weight is 235 g/mol. The van der Waals surface area contributed by atoms with Gasteiger partial charge in [-0.3, -0.25) is 9.78 Å². The maximum absolute atomic E-state index is 11.4. The molecular weight excluding hydrogens is 222 g/mol. The lowest BCUT2D eigenvalue weighted by Gasteiger charge is -1.95. The summed E-state index contributed by atoms with van der Waals surface area (Å²) in [5, 5.41) is 10.7. The summed E-state index contributed by atoms with van der Waals surface area (Å²) in [6, 6.07) is 0. The first kappa shape index (κ1) is 11.3. The van der Waals surface area contributed by atoms with Crippen LogP contribution in [0.1, 0.15) is 23.2 Å². The van der Waals surface area contributed by atoms with Crippen molar-refractivity contribution in [1.82, 2.24) is 25.0 Å². The van der Waals surface area contributed by atoms with E-state index in [-0.39, 0.29) is 5.82 Å². The van der Waals surface area contributed by atoms with Gasteiger partial charge in [0.15, 0.2) is 5.82 Å². The summed E-state index contributed by atoms with van der Waals surface area (Å²) < 4.78 is 6.49. The highest BCUT2D eigenvalue weighted by molar-refractivity contribution is 5.85. The number of nitrogens with zero attached hydrogens (tertiary/aromatic N) is 4. The van der Waals surface area contributed by atoms with Crippen molar-refractivity contribution in [3.05, 3.63) is 17.7 Å². The van der Waals surface area contributed by atoms with Crippen LogP contribution in [-0.2, 0) is 11.8 Å². The molecule has 0 bridgehead atoms. The van der Waals surface area contributed by atoms with Crippen molar-refractivity contribution in [3.63, 3.8) is 0 Å². The fourth-order valence-corrected chi connectivity index (χ4v) is 1.49. The van der Waals surface area contributed by atoms with Crippen LogP contribution in [0.5, 0.6) is 0 Å². The van der Waals surface area contributed by atoms with Crippen molar-refractivity contribution >= 4 is 5.97 Å². The molecule has 2 heterocycles. The average Bonchev–Trinajstić information content (AvgIpc) is 2.85. The number of rotatable bonds is 3. The third-order valence-corrected chi connectivity index (χ3v) is 2.21. The van der Waals surface area contributed by atoms with E-state index < -0.39 is 5.97 Å². The Morgan fingerprint density at radius 2 is 2.35 bits per heavy atom. The van der Waals surface area contributed by atoms with E-state index in [1.54, 1.807) is 17.8 Å². The van der Waals surface area contributed by atoms with Gasteiger partial charge in [-0.1, -0.05) is 0 Å². The summed E-state index contributed by atoms with van der Waals surface area (Å²) >= 11 is 0. The number of carbonyl (C=O) groups is 1. The van der Waals surface area contributed by atoms with Gasteiger partial charge in [-0.2, -0.15) is 10.2 Å². The lowest BCUT2D eigenvalue weighted by atomic mass is 10.2. The van der Waals surface area contributed by atoms with Crippen molar-refractivity contribution < 1.29 is 9.53 Å². The fraction of sp³-hybridized carbons (Fsp3) is 0.400. The number of hydrogen-bond donors (Lipinski definition) is 1. The molecule has 0 saturated carbocycles. The number of nitrogens with one attached hydrogen (secondary N) is 1. The topological polar surface area (TPSA) is 85.7 Å². The molecule has 1 N–H and O–H groups in total. The summed E-state index contributed by atoms with van der Waals surface area (Å²) in [4.78, 5) is 15.5. The molecule has 0 saturated heterocycles. The number of hydrogen-bond acceptors (Lipinski definition) is 5. The SMILES string of the molecule is CCOC(=O)c1nc(-c2cn(C)nc2C)n[nH]1. The van der Waals surface area contributed by atoms with E-state index in [1.165, 1.54) is 0 Å². The molecule has 0 aromatic carbocycles. The first-order chi connectivity index (χ1) is 8.11. The zero-order chi connectivity index (χ0) is 12.4. The molecule has 90 valence electrons. The van der Waals surface area contributed by atoms with Crippen LogP contribution >= 0.6 is 0 Å². The van der Waals surface area contributed by atoms with Gasteiger partial charge < -0.3 is 4.74 Å². The highest BCUT2D eigenvalue weighted by atomic mass is 16.5. The van der Waals surface area contributed by atoms with Crippen molar-refractivity contribution in [2.24, 2.45) is 7.05 Å². The van der Waals surface area contributed by atoms with E-state index in [1.807, 2.05) is 14.0 Å². The van der Waals surface area contributed by atoms with Crippen molar-refractivity contribution in [1.29, 1.82) is 0 Å². The molecule has 0 aliphatic rings. The molecule has 0 amide bonds. The van der Waals surface area contributed by atoms with E-state index in [4.69, 9.17) is 4.74 Å². The Bertz CT molecular complexity index is 543. The van der Waals surface area contributed by atoms with Gasteiger partial charge in [0.1, 0.15) is 0 Å². The Kier molecular flexibility index (Phi) is 2.90. The minimum atomic E-state index is -0.507. The first-order valence-corrected chi connectivity index (χ1v) is 5.22. The largest absolute Gasteiger partial charge is 0.460 e. The molecule has 0 radical (unpaired) electrons. The molecule has 7 nitrogen and oxygen atoms in total. The molecular formula is C10H13N5O2. The summed E-state index contributed by atoms with van der Waals surface area (Å²) in [7, 11) is 1.81. The molecule has 0 aliphatic carbocycles. The van der Waals surface area contributed by atoms with E-state index in [2.05, 4.69) is 20.3 Å². The van der Waals surface area contributed by atoms with Crippen LogP contribution in [0.25, 0.3) is 11.4 Å². The van der Waals surface area contributed by atoms with Gasteiger partial charge in [-0.05, 0) is 13.8 Å². The number of ether oxygens (including phenoxy) is 1. The van der Waals surface area contributed by atoms with Crippen molar-refractivity contribution in [3.8, 4) is 11.4 Å². The van der Waals surface area contributed by atoms with E-state index in [0.29, 0.717) is 12.4 Å². The van der Waals surface area contributed by atoms with Gasteiger partial charge in [-0.15, -0.1) is 0 Å². The first-order valence-electron chi connectivity index (χ1n) is 5.22. The summed E-state index contributed by atoms with van der Waals surface area (Å²) in [6.07, 6.45) is 1.80. The molecule has 2 aromatic heterocycles. The van der Waals surface area contributed by atoms with Crippen molar-refractivity contribution in [2.45, 2.75) is 13.8 Å². The molecule has 17 heavy (non-hydrogen) atoms. The summed E-state index contributed by atoms with van der Waals surface area (Å²) in [5.41, 5.74) is 1.60. The van der Waals surface area contributed by atoms with Crippen LogP contribution in [0.2, 0.25) is 0 Å². The number of aromatic nitrogens is 5. The number of aryl methyl sites for hydroxylation is 2. The van der Waals surface area contributed by atoms with Gasteiger partial charge in [0.05, 0.1) is 17.9 Å². The third-order valence-electron chi connectivity index (χ3n) is 2.21. The lowest BCUT2D eigenvalue weighted by molar-refractivity contribution is 0.0512. The molecule has 0 spiro atoms. The van der Waals surface area contributed by atoms with Crippen LogP contribution in [0.3, 0.4) is 0 Å². The highest BCUT2D eigenvalue weighted by Crippen LogP contribution is 2.17. The Morgan fingerprint density at radius 1 is 1.59 bits per heavy atom. The number of aromatic amines is 1. The Labute approximate surface area is 97.8 Å². The van der Waals surface area contributed by atoms with E-state index in [0.717, 1.165) is 11.3 Å². The Hall–Kier alpha value is -2.18. The zero-order valence-corrected chi connectivity index (χ0v) is 9.89. The number of carbonyl (C=O) groups excluding carboxylic acids is 1. The number of H-pyrrole nitrogens is 1. The monoisotopic (exact) mass is 235 g/mol. The van der Waals surface area contributed by atoms with Crippen LogP contribution < -0.4 is 0 Å². The minimum absolute atomic E-state index is 0.102. The van der Waals surface area contributed by atoms with E-state index >= 15 is 0 Å². The quantitative estimate of drug-likeness (QED) is 0.791. The lowest BCUT2D eigenvalue weighted by Crippen LogP contribution is -2.06. The summed E-state index contributed by atoms with van der Waals surface area (Å²) in [5.74, 6) is 0.0385. The highest BCUT2D eigenvalue weighted by Gasteiger charge is 2.16. The molecule has 0 fully saturated rings. The third kappa shape index (κ3) is 2.17. The fourth-order valence-electron chi connectivity index (χ4n) is 1.49. The standard InChI is InChI=1S/C10H13N5O2/c1-4-17-10(16)9-11-8(12-13-9)7-5-15(3)14-6(7)2/h5H,4H2,1-3H3,(H,11,12,13). The van der Waals surface area contributed by atoms with Crippen molar-refractivity contribution in [2.75, 3.05) is 6.61 Å². The minimum Gasteiger partial charge on any atom is -0.460 e. The number of esters is 1. The second kappa shape index (κ2) is 4.36. The zero-order valence-electron chi connectivity index (χ0n) is 9.89. The molecule has 0 unspecified atom stereocenters. The molecule has 2 rings (SSSR count). The second-order valence-electron chi connectivity index (χ2n) is 3.53. The molecule has 0 aliphatic heterocycles. The van der Waals surface area contributed by atoms with Gasteiger partial charge in [-0.25, -0.2) is 9.78 Å². The van der Waals surface area contributed by atoms with Gasteiger partial charge in [0, 0.05) is 13.2 Å². The van der Waals surface area contributed by atoms with Crippen LogP contribution in [0.15, 0.2) is 6.20 Å². The molecule has 0 atom stereocenters. The smallest absolute Gasteiger partial charge is 0.375 e. The van der Waals surface area contributed by atoms with Gasteiger partial charge in [0.2, 0.25) is 5.82 Å². The maximum Gasteiger partial charge on any atom is 0.375 e. The van der Waals surface area contributed by atoms with Crippen LogP contribution in [0.4, 0.5) is 0 Å². The summed E-state index contributed by atoms with van der Waals surface area (Å²) in [6.45, 7) is 3.90. The predicted octanol–water partition coefficient (Wildman–Crippen LogP) is 0.690. The van der Waals surface area contributed by atoms with Crippen LogP contribution in [0, 0.1) is 6.92 Å². The molecule has 7 heteroatoms. The van der Waals surface area contributed by atoms with Gasteiger partial charge in [0.25, 0.3) is 0 Å². The normalized spacial score (nSPS) is 10.5. The molecule has 2 aromatic rings. The maximum atomic E-state index is 11.4. The van der Waals surface area contributed by atoms with Gasteiger partial charge >= 0.3 is 5.97 Å². The predicted molar refractivity (Wildman–Crippen MR) is 59.3 cm³/mol. The van der Waals surface area contributed by atoms with E-state index in [9.17, 15) is 4.79 Å².